The van der Waals surface area contributed by atoms with E-state index >= 15 is 0 Å². The van der Waals surface area contributed by atoms with E-state index in [1.165, 1.54) is 12.1 Å². The lowest BCUT2D eigenvalue weighted by molar-refractivity contribution is 0.0472. The summed E-state index contributed by atoms with van der Waals surface area (Å²) in [5.74, 6) is -0.530. The van der Waals surface area contributed by atoms with Crippen molar-refractivity contribution in [2.24, 2.45) is 0 Å². The van der Waals surface area contributed by atoms with Gasteiger partial charge in [0.2, 0.25) is 0 Å². The lowest BCUT2D eigenvalue weighted by Crippen LogP contribution is -2.08. The molecular formula is C16H12O4S. The SMILES string of the molecule is O=C(OCc1ccccc1)c1cccc2c1C=CS2(=O)=O. The van der Waals surface area contributed by atoms with Crippen LogP contribution in [0.5, 0.6) is 0 Å². The second-order valence-corrected chi connectivity index (χ2v) is 6.43. The van der Waals surface area contributed by atoms with Crippen LogP contribution in [0.15, 0.2) is 58.8 Å². The third kappa shape index (κ3) is 2.60. The summed E-state index contributed by atoms with van der Waals surface area (Å²) < 4.78 is 28.8. The van der Waals surface area contributed by atoms with Crippen molar-refractivity contribution in [1.29, 1.82) is 0 Å². The van der Waals surface area contributed by atoms with Crippen molar-refractivity contribution in [3.8, 4) is 0 Å². The Kier molecular flexibility index (Phi) is 3.35. The molecule has 4 nitrogen and oxygen atoms in total. The van der Waals surface area contributed by atoms with Gasteiger partial charge in [-0.05, 0) is 23.8 Å². The fraction of sp³-hybridized carbons (Fsp3) is 0.0625. The summed E-state index contributed by atoms with van der Waals surface area (Å²) in [6, 6.07) is 13.9. The maximum Gasteiger partial charge on any atom is 0.339 e. The number of benzene rings is 2. The van der Waals surface area contributed by atoms with Gasteiger partial charge in [0, 0.05) is 11.0 Å². The van der Waals surface area contributed by atoms with Crippen LogP contribution < -0.4 is 0 Å². The number of carbonyl (C=O) groups excluding carboxylic acids is 1. The average Bonchev–Trinajstić information content (AvgIpc) is 2.82. The monoisotopic (exact) mass is 300 g/mol. The number of ether oxygens (including phenoxy) is 1. The number of rotatable bonds is 3. The molecule has 0 amide bonds. The number of sulfone groups is 1. The Bertz CT molecular complexity index is 821. The van der Waals surface area contributed by atoms with Crippen molar-refractivity contribution in [3.05, 3.63) is 70.6 Å². The molecule has 1 aliphatic heterocycles. The van der Waals surface area contributed by atoms with Crippen molar-refractivity contribution < 1.29 is 17.9 Å². The van der Waals surface area contributed by atoms with Gasteiger partial charge in [0.15, 0.2) is 9.84 Å². The van der Waals surface area contributed by atoms with Gasteiger partial charge in [-0.3, -0.25) is 0 Å². The van der Waals surface area contributed by atoms with E-state index in [0.29, 0.717) is 5.56 Å². The Morgan fingerprint density at radius 2 is 1.76 bits per heavy atom. The summed E-state index contributed by atoms with van der Waals surface area (Å²) in [5.41, 5.74) is 1.54. The summed E-state index contributed by atoms with van der Waals surface area (Å²) in [7, 11) is -3.42. The molecule has 0 spiro atoms. The Hall–Kier alpha value is -2.40. The normalized spacial score (nSPS) is 14.7. The summed E-state index contributed by atoms with van der Waals surface area (Å²) in [5, 5.41) is 1.10. The molecule has 0 N–H and O–H groups in total. The first-order valence-corrected chi connectivity index (χ1v) is 7.90. The summed E-state index contributed by atoms with van der Waals surface area (Å²) in [4.78, 5) is 12.3. The zero-order valence-electron chi connectivity index (χ0n) is 11.0. The van der Waals surface area contributed by atoms with Crippen LogP contribution in [0.3, 0.4) is 0 Å². The number of hydrogen-bond donors (Lipinski definition) is 0. The van der Waals surface area contributed by atoms with Crippen LogP contribution in [0.1, 0.15) is 21.5 Å². The van der Waals surface area contributed by atoms with Gasteiger partial charge >= 0.3 is 5.97 Å². The van der Waals surface area contributed by atoms with E-state index in [2.05, 4.69) is 0 Å². The molecule has 1 aliphatic rings. The second kappa shape index (κ2) is 5.18. The molecule has 3 rings (SSSR count). The highest BCUT2D eigenvalue weighted by Crippen LogP contribution is 2.29. The molecule has 5 heteroatoms. The largest absolute Gasteiger partial charge is 0.457 e. The van der Waals surface area contributed by atoms with Crippen LogP contribution in [0.2, 0.25) is 0 Å². The zero-order valence-corrected chi connectivity index (χ0v) is 11.8. The van der Waals surface area contributed by atoms with E-state index in [1.54, 1.807) is 12.1 Å². The first-order valence-electron chi connectivity index (χ1n) is 6.35. The highest BCUT2D eigenvalue weighted by atomic mass is 32.2. The Balaban J connectivity index is 1.84. The minimum absolute atomic E-state index is 0.150. The van der Waals surface area contributed by atoms with Gasteiger partial charge in [-0.1, -0.05) is 36.4 Å². The second-order valence-electron chi connectivity index (χ2n) is 4.63. The molecule has 2 aromatic rings. The maximum absolute atomic E-state index is 12.1. The Morgan fingerprint density at radius 1 is 1.00 bits per heavy atom. The Labute approximate surface area is 122 Å². The highest BCUT2D eigenvalue weighted by molar-refractivity contribution is 7.94. The van der Waals surface area contributed by atoms with Crippen LogP contribution >= 0.6 is 0 Å². The fourth-order valence-electron chi connectivity index (χ4n) is 2.17. The third-order valence-electron chi connectivity index (χ3n) is 3.22. The van der Waals surface area contributed by atoms with Gasteiger partial charge in [-0.15, -0.1) is 0 Å². The average molecular weight is 300 g/mol. The van der Waals surface area contributed by atoms with Crippen molar-refractivity contribution >= 4 is 21.9 Å². The molecule has 0 aliphatic carbocycles. The molecule has 0 atom stereocenters. The molecule has 0 saturated heterocycles. The van der Waals surface area contributed by atoms with Gasteiger partial charge in [0.1, 0.15) is 6.61 Å². The topological polar surface area (TPSA) is 60.4 Å². The molecule has 0 fully saturated rings. The smallest absolute Gasteiger partial charge is 0.339 e. The van der Waals surface area contributed by atoms with Crippen LogP contribution in [0.4, 0.5) is 0 Å². The van der Waals surface area contributed by atoms with Gasteiger partial charge in [0.25, 0.3) is 0 Å². The quantitative estimate of drug-likeness (QED) is 0.818. The molecule has 0 radical (unpaired) electrons. The van der Waals surface area contributed by atoms with E-state index in [4.69, 9.17) is 4.74 Å². The molecule has 0 bridgehead atoms. The summed E-state index contributed by atoms with van der Waals surface area (Å²) in [6.45, 7) is 0.153. The van der Waals surface area contributed by atoms with Crippen molar-refractivity contribution in [2.75, 3.05) is 0 Å². The van der Waals surface area contributed by atoms with Crippen molar-refractivity contribution in [3.63, 3.8) is 0 Å². The van der Waals surface area contributed by atoms with Crippen molar-refractivity contribution in [2.45, 2.75) is 11.5 Å². The van der Waals surface area contributed by atoms with E-state index in [9.17, 15) is 13.2 Å². The van der Waals surface area contributed by atoms with Crippen LogP contribution in [-0.4, -0.2) is 14.4 Å². The summed E-state index contributed by atoms with van der Waals surface area (Å²) in [6.07, 6.45) is 1.43. The molecule has 1 heterocycles. The molecule has 0 aromatic heterocycles. The molecule has 0 saturated carbocycles. The van der Waals surface area contributed by atoms with Crippen LogP contribution in [0, 0.1) is 0 Å². The van der Waals surface area contributed by atoms with Gasteiger partial charge in [-0.25, -0.2) is 13.2 Å². The number of hydrogen-bond acceptors (Lipinski definition) is 4. The minimum atomic E-state index is -3.42. The third-order valence-corrected chi connectivity index (χ3v) is 4.68. The first-order chi connectivity index (χ1) is 10.1. The molecule has 0 unspecified atom stereocenters. The van der Waals surface area contributed by atoms with E-state index < -0.39 is 15.8 Å². The lowest BCUT2D eigenvalue weighted by atomic mass is 10.1. The number of carbonyl (C=O) groups is 1. The van der Waals surface area contributed by atoms with Crippen molar-refractivity contribution in [1.82, 2.24) is 0 Å². The maximum atomic E-state index is 12.1. The summed E-state index contributed by atoms with van der Waals surface area (Å²) >= 11 is 0. The van der Waals surface area contributed by atoms with E-state index in [0.717, 1.165) is 11.0 Å². The minimum Gasteiger partial charge on any atom is -0.457 e. The Morgan fingerprint density at radius 3 is 2.52 bits per heavy atom. The number of esters is 1. The van der Waals surface area contributed by atoms with Crippen LogP contribution in [0.25, 0.3) is 6.08 Å². The van der Waals surface area contributed by atoms with Crippen LogP contribution in [-0.2, 0) is 21.2 Å². The molecule has 21 heavy (non-hydrogen) atoms. The standard InChI is InChI=1S/C16H12O4S/c17-16(20-11-12-5-2-1-3-6-12)14-7-4-8-15-13(14)9-10-21(15,18)19/h1-10H,11H2. The predicted molar refractivity (Wildman–Crippen MR) is 78.2 cm³/mol. The molecule has 2 aromatic carbocycles. The fourth-order valence-corrected chi connectivity index (χ4v) is 3.39. The predicted octanol–water partition coefficient (Wildman–Crippen LogP) is 2.80. The number of fused-ring (bicyclic) bond motifs is 1. The van der Waals surface area contributed by atoms with E-state index in [1.807, 2.05) is 30.3 Å². The highest BCUT2D eigenvalue weighted by Gasteiger charge is 2.25. The lowest BCUT2D eigenvalue weighted by Gasteiger charge is -2.08. The molecular weight excluding hydrogens is 288 g/mol. The zero-order chi connectivity index (χ0) is 14.9. The van der Waals surface area contributed by atoms with Gasteiger partial charge < -0.3 is 4.74 Å². The van der Waals surface area contributed by atoms with Gasteiger partial charge in [-0.2, -0.15) is 0 Å². The van der Waals surface area contributed by atoms with Gasteiger partial charge in [0.05, 0.1) is 10.5 Å². The van der Waals surface area contributed by atoms with E-state index in [-0.39, 0.29) is 17.1 Å². The first kappa shape index (κ1) is 13.6. The molecule has 106 valence electrons.